The summed E-state index contributed by atoms with van der Waals surface area (Å²) in [6, 6.07) is 11.3. The molecule has 1 atom stereocenters. The molecule has 0 saturated carbocycles. The topological polar surface area (TPSA) is 108 Å². The lowest BCUT2D eigenvalue weighted by molar-refractivity contribution is -0.384. The number of esters is 1. The first-order valence-corrected chi connectivity index (χ1v) is 9.64. The molecule has 2 aromatic carbocycles. The summed E-state index contributed by atoms with van der Waals surface area (Å²) >= 11 is 0. The number of rotatable bonds is 9. The second-order valence-corrected chi connectivity index (χ2v) is 7.10. The maximum absolute atomic E-state index is 12.4. The third kappa shape index (κ3) is 5.79. The molecular weight excluding hydrogens is 388 g/mol. The number of hydrogen-bond donors (Lipinski definition) is 1. The summed E-state index contributed by atoms with van der Waals surface area (Å²) in [6.07, 6.45) is 0.927. The highest BCUT2D eigenvalue weighted by atomic mass is 16.6. The van der Waals surface area contributed by atoms with Crippen molar-refractivity contribution in [1.29, 1.82) is 0 Å². The molecule has 1 N–H and O–H groups in total. The van der Waals surface area contributed by atoms with Gasteiger partial charge in [0, 0.05) is 12.1 Å². The Morgan fingerprint density at radius 2 is 1.80 bits per heavy atom. The number of carbonyl (C=O) groups is 2. The monoisotopic (exact) mass is 414 g/mol. The number of aryl methyl sites for hydroxylation is 1. The minimum absolute atomic E-state index is 0.116. The van der Waals surface area contributed by atoms with Crippen molar-refractivity contribution >= 4 is 17.6 Å². The molecule has 0 fully saturated rings. The van der Waals surface area contributed by atoms with Crippen LogP contribution in [0.5, 0.6) is 5.75 Å². The number of nitro groups is 1. The van der Waals surface area contributed by atoms with Crippen molar-refractivity contribution in [2.45, 2.75) is 33.2 Å². The number of hydrogen-bond acceptors (Lipinski definition) is 6. The average Bonchev–Trinajstić information content (AvgIpc) is 2.75. The van der Waals surface area contributed by atoms with Crippen LogP contribution in [0.4, 0.5) is 5.69 Å². The van der Waals surface area contributed by atoms with E-state index in [0.29, 0.717) is 0 Å². The van der Waals surface area contributed by atoms with Crippen LogP contribution in [0.1, 0.15) is 48.3 Å². The molecule has 0 aliphatic rings. The second-order valence-electron chi connectivity index (χ2n) is 7.10. The van der Waals surface area contributed by atoms with Crippen LogP contribution in [0.15, 0.2) is 42.5 Å². The Labute approximate surface area is 175 Å². The molecule has 8 heteroatoms. The summed E-state index contributed by atoms with van der Waals surface area (Å²) < 4.78 is 10.1. The molecule has 30 heavy (non-hydrogen) atoms. The van der Waals surface area contributed by atoms with Gasteiger partial charge >= 0.3 is 5.97 Å². The zero-order chi connectivity index (χ0) is 22.3. The van der Waals surface area contributed by atoms with Crippen molar-refractivity contribution in [3.63, 3.8) is 0 Å². The fourth-order valence-electron chi connectivity index (χ4n) is 2.99. The minimum Gasteiger partial charge on any atom is -0.496 e. The van der Waals surface area contributed by atoms with E-state index in [1.807, 2.05) is 38.1 Å². The van der Waals surface area contributed by atoms with Gasteiger partial charge in [0.1, 0.15) is 11.3 Å². The maximum atomic E-state index is 12.4. The quantitative estimate of drug-likeness (QED) is 0.379. The van der Waals surface area contributed by atoms with Gasteiger partial charge in [-0.1, -0.05) is 45.0 Å². The Morgan fingerprint density at radius 1 is 1.13 bits per heavy atom. The lowest BCUT2D eigenvalue weighted by Crippen LogP contribution is -2.35. The van der Waals surface area contributed by atoms with Crippen LogP contribution in [0.25, 0.3) is 0 Å². The number of methoxy groups -OCH3 is 1. The third-order valence-electron chi connectivity index (χ3n) is 4.68. The van der Waals surface area contributed by atoms with Crippen LogP contribution in [0, 0.1) is 16.0 Å². The molecule has 0 aromatic heterocycles. The summed E-state index contributed by atoms with van der Waals surface area (Å²) in [5, 5.41) is 13.8. The number of carbonyl (C=O) groups excluding carboxylic acids is 2. The van der Waals surface area contributed by atoms with Crippen molar-refractivity contribution in [1.82, 2.24) is 5.32 Å². The Kier molecular flexibility index (Phi) is 7.91. The zero-order valence-electron chi connectivity index (χ0n) is 17.5. The van der Waals surface area contributed by atoms with Gasteiger partial charge in [0.2, 0.25) is 0 Å². The molecule has 0 aliphatic heterocycles. The van der Waals surface area contributed by atoms with E-state index in [4.69, 9.17) is 9.47 Å². The second kappa shape index (κ2) is 10.4. The van der Waals surface area contributed by atoms with Gasteiger partial charge in [0.05, 0.1) is 18.1 Å². The first-order chi connectivity index (χ1) is 14.3. The SMILES string of the molecule is CCc1ccc([C@@H](NC(=O)COC(=O)c2cc([N+](=O)[O-])ccc2OC)C(C)C)cc1. The van der Waals surface area contributed by atoms with Crippen LogP contribution in [0.3, 0.4) is 0 Å². The molecule has 1 amide bonds. The summed E-state index contributed by atoms with van der Waals surface area (Å²) in [6.45, 7) is 5.53. The number of benzene rings is 2. The third-order valence-corrected chi connectivity index (χ3v) is 4.68. The summed E-state index contributed by atoms with van der Waals surface area (Å²) in [4.78, 5) is 35.1. The van der Waals surface area contributed by atoms with E-state index in [-0.39, 0.29) is 29.0 Å². The number of nitro benzene ring substituents is 1. The van der Waals surface area contributed by atoms with Gasteiger partial charge in [-0.25, -0.2) is 4.79 Å². The minimum atomic E-state index is -0.876. The van der Waals surface area contributed by atoms with E-state index in [1.165, 1.54) is 24.8 Å². The van der Waals surface area contributed by atoms with Crippen molar-refractivity contribution in [2.24, 2.45) is 5.92 Å². The van der Waals surface area contributed by atoms with Crippen LogP contribution in [0.2, 0.25) is 0 Å². The van der Waals surface area contributed by atoms with Crippen LogP contribution in [-0.4, -0.2) is 30.5 Å². The van der Waals surface area contributed by atoms with Crippen molar-refractivity contribution < 1.29 is 24.0 Å². The number of nitrogens with zero attached hydrogens (tertiary/aromatic N) is 1. The summed E-state index contributed by atoms with van der Waals surface area (Å²) in [5.41, 5.74) is 1.77. The normalized spacial score (nSPS) is 11.6. The van der Waals surface area contributed by atoms with E-state index >= 15 is 0 Å². The number of nitrogens with one attached hydrogen (secondary N) is 1. The van der Waals surface area contributed by atoms with Gasteiger partial charge in [-0.3, -0.25) is 14.9 Å². The van der Waals surface area contributed by atoms with Gasteiger partial charge in [-0.2, -0.15) is 0 Å². The first kappa shape index (κ1) is 22.9. The Hall–Kier alpha value is -3.42. The molecule has 160 valence electrons. The van der Waals surface area contributed by atoms with Gasteiger partial charge in [-0.15, -0.1) is 0 Å². The molecule has 0 saturated heterocycles. The fourth-order valence-corrected chi connectivity index (χ4v) is 2.99. The highest BCUT2D eigenvalue weighted by Gasteiger charge is 2.22. The molecule has 2 rings (SSSR count). The highest BCUT2D eigenvalue weighted by Crippen LogP contribution is 2.25. The molecule has 0 spiro atoms. The first-order valence-electron chi connectivity index (χ1n) is 9.64. The number of amides is 1. The van der Waals surface area contributed by atoms with E-state index < -0.39 is 23.4 Å². The highest BCUT2D eigenvalue weighted by molar-refractivity contribution is 5.94. The van der Waals surface area contributed by atoms with Crippen LogP contribution >= 0.6 is 0 Å². The Balaban J connectivity index is 2.05. The van der Waals surface area contributed by atoms with E-state index in [0.717, 1.165) is 18.1 Å². The van der Waals surface area contributed by atoms with E-state index in [9.17, 15) is 19.7 Å². The molecular formula is C22H26N2O6. The van der Waals surface area contributed by atoms with Crippen molar-refractivity contribution in [3.8, 4) is 5.75 Å². The van der Waals surface area contributed by atoms with Crippen molar-refractivity contribution in [3.05, 3.63) is 69.3 Å². The standard InChI is InChI=1S/C22H26N2O6/c1-5-15-6-8-16(9-7-15)21(14(2)3)23-20(25)13-30-22(26)18-12-17(24(27)28)10-11-19(18)29-4/h6-12,14,21H,5,13H2,1-4H3,(H,23,25)/t21-/m0/s1. The van der Waals surface area contributed by atoms with Crippen LogP contribution < -0.4 is 10.1 Å². The molecule has 0 radical (unpaired) electrons. The van der Waals surface area contributed by atoms with Gasteiger partial charge in [-0.05, 0) is 29.5 Å². The zero-order valence-corrected chi connectivity index (χ0v) is 17.5. The number of non-ortho nitro benzene ring substituents is 1. The predicted molar refractivity (Wildman–Crippen MR) is 111 cm³/mol. The van der Waals surface area contributed by atoms with Gasteiger partial charge in [0.25, 0.3) is 11.6 Å². The maximum Gasteiger partial charge on any atom is 0.342 e. The molecule has 2 aromatic rings. The molecule has 0 unspecified atom stereocenters. The molecule has 0 heterocycles. The lowest BCUT2D eigenvalue weighted by Gasteiger charge is -2.23. The van der Waals surface area contributed by atoms with E-state index in [1.54, 1.807) is 0 Å². The Morgan fingerprint density at radius 3 is 2.33 bits per heavy atom. The summed E-state index contributed by atoms with van der Waals surface area (Å²) in [7, 11) is 1.34. The van der Waals surface area contributed by atoms with Gasteiger partial charge in [0.15, 0.2) is 6.61 Å². The lowest BCUT2D eigenvalue weighted by atomic mass is 9.95. The molecule has 0 aliphatic carbocycles. The van der Waals surface area contributed by atoms with Crippen molar-refractivity contribution in [2.75, 3.05) is 13.7 Å². The smallest absolute Gasteiger partial charge is 0.342 e. The number of ether oxygens (including phenoxy) is 2. The van der Waals surface area contributed by atoms with E-state index in [2.05, 4.69) is 12.2 Å². The van der Waals surface area contributed by atoms with Crippen LogP contribution in [-0.2, 0) is 16.0 Å². The Bertz CT molecular complexity index is 908. The van der Waals surface area contributed by atoms with Gasteiger partial charge < -0.3 is 14.8 Å². The summed E-state index contributed by atoms with van der Waals surface area (Å²) in [5.74, 6) is -1.10. The molecule has 8 nitrogen and oxygen atoms in total. The molecule has 0 bridgehead atoms. The fraction of sp³-hybridized carbons (Fsp3) is 0.364. The average molecular weight is 414 g/mol. The predicted octanol–water partition coefficient (Wildman–Crippen LogP) is 3.84. The largest absolute Gasteiger partial charge is 0.496 e.